The zero-order valence-corrected chi connectivity index (χ0v) is 16.5. The lowest BCUT2D eigenvalue weighted by molar-refractivity contribution is -0.151. The number of aromatic nitrogens is 2. The van der Waals surface area contributed by atoms with E-state index in [1.54, 1.807) is 32.9 Å². The van der Waals surface area contributed by atoms with Gasteiger partial charge in [0, 0.05) is 15.5 Å². The molecule has 0 unspecified atom stereocenters. The van der Waals surface area contributed by atoms with Gasteiger partial charge in [-0.2, -0.15) is 0 Å². The largest absolute Gasteiger partial charge is 0.461 e. The average Bonchev–Trinajstić information content (AvgIpc) is 2.92. The van der Waals surface area contributed by atoms with Gasteiger partial charge in [0.05, 0.1) is 17.8 Å². The highest BCUT2D eigenvalue weighted by atomic mass is 35.5. The normalized spacial score (nSPS) is 12.5. The van der Waals surface area contributed by atoms with Gasteiger partial charge in [-0.05, 0) is 45.4 Å². The number of carbonyl (C=O) groups is 1. The molecule has 0 aliphatic carbocycles. The zero-order chi connectivity index (χ0) is 19.0. The molecule has 2 heterocycles. The maximum atomic E-state index is 13.1. The van der Waals surface area contributed by atoms with Crippen LogP contribution in [0.15, 0.2) is 35.4 Å². The van der Waals surface area contributed by atoms with E-state index in [0.29, 0.717) is 15.2 Å². The van der Waals surface area contributed by atoms with Crippen LogP contribution < -0.4 is 5.56 Å². The summed E-state index contributed by atoms with van der Waals surface area (Å²) < 4.78 is 6.56. The lowest BCUT2D eigenvalue weighted by atomic mass is 10.0. The summed E-state index contributed by atoms with van der Waals surface area (Å²) in [6.07, 6.45) is 1.17. The number of ether oxygens (including phenoxy) is 1. The van der Waals surface area contributed by atoms with Crippen LogP contribution in [0.4, 0.5) is 0 Å². The van der Waals surface area contributed by atoms with Crippen molar-refractivity contribution in [3.63, 3.8) is 0 Å². The Morgan fingerprint density at radius 1 is 1.23 bits per heavy atom. The predicted molar refractivity (Wildman–Crippen MR) is 105 cm³/mol. The van der Waals surface area contributed by atoms with Crippen molar-refractivity contribution in [3.8, 4) is 11.1 Å². The lowest BCUT2D eigenvalue weighted by Crippen LogP contribution is -2.30. The minimum Gasteiger partial charge on any atom is -0.461 e. The van der Waals surface area contributed by atoms with E-state index in [9.17, 15) is 9.59 Å². The van der Waals surface area contributed by atoms with Crippen LogP contribution in [0.2, 0.25) is 5.02 Å². The van der Waals surface area contributed by atoms with Gasteiger partial charge >= 0.3 is 5.97 Å². The molecule has 0 N–H and O–H groups in total. The Balaban J connectivity index is 2.17. The van der Waals surface area contributed by atoms with Crippen LogP contribution >= 0.6 is 22.9 Å². The molecule has 5 nitrogen and oxygen atoms in total. The maximum Gasteiger partial charge on any atom is 0.329 e. The Morgan fingerprint density at radius 2 is 1.88 bits per heavy atom. The summed E-state index contributed by atoms with van der Waals surface area (Å²) in [6, 6.07) is 6.59. The third-order valence-corrected chi connectivity index (χ3v) is 5.32. The van der Waals surface area contributed by atoms with E-state index in [1.807, 2.05) is 19.1 Å². The Hall–Kier alpha value is -2.18. The summed E-state index contributed by atoms with van der Waals surface area (Å²) in [5.74, 6) is -0.455. The molecule has 0 aliphatic rings. The molecule has 0 fully saturated rings. The van der Waals surface area contributed by atoms with Crippen molar-refractivity contribution in [3.05, 3.63) is 50.8 Å². The second kappa shape index (κ2) is 7.21. The summed E-state index contributed by atoms with van der Waals surface area (Å²) in [7, 11) is 0. The van der Waals surface area contributed by atoms with E-state index in [2.05, 4.69) is 4.98 Å². The van der Waals surface area contributed by atoms with E-state index in [0.717, 1.165) is 16.0 Å². The number of rotatable bonds is 4. The first-order valence-corrected chi connectivity index (χ1v) is 9.45. The molecule has 0 radical (unpaired) electrons. The molecule has 1 atom stereocenters. The quantitative estimate of drug-likeness (QED) is 0.611. The van der Waals surface area contributed by atoms with Gasteiger partial charge in [-0.25, -0.2) is 9.78 Å². The molecular weight excluding hydrogens is 372 g/mol. The van der Waals surface area contributed by atoms with E-state index >= 15 is 0 Å². The highest BCUT2D eigenvalue weighted by Gasteiger charge is 2.23. The Morgan fingerprint density at radius 3 is 2.50 bits per heavy atom. The molecule has 3 aromatic rings. The van der Waals surface area contributed by atoms with Crippen molar-refractivity contribution in [1.82, 2.24) is 9.55 Å². The fourth-order valence-corrected chi connectivity index (χ4v) is 3.93. The number of fused-ring (bicyclic) bond motifs is 1. The number of hydrogen-bond acceptors (Lipinski definition) is 5. The standard InChI is InChI=1S/C19H19ClN2O3S/c1-10(2)25-19(24)11(3)22-9-21-17-16(18(22)23)15(12(4)26-17)13-5-7-14(20)8-6-13/h5-11H,1-4H3/t11-/m0/s1. The van der Waals surface area contributed by atoms with Crippen LogP contribution in [0.1, 0.15) is 31.7 Å². The van der Waals surface area contributed by atoms with E-state index in [1.165, 1.54) is 22.2 Å². The number of carbonyl (C=O) groups excluding carboxylic acids is 1. The number of esters is 1. The van der Waals surface area contributed by atoms with Gasteiger partial charge < -0.3 is 4.74 Å². The molecule has 0 aliphatic heterocycles. The molecule has 2 aromatic heterocycles. The first-order valence-electron chi connectivity index (χ1n) is 8.26. The van der Waals surface area contributed by atoms with Gasteiger partial charge in [0.1, 0.15) is 10.9 Å². The minimum absolute atomic E-state index is 0.245. The van der Waals surface area contributed by atoms with Gasteiger partial charge in [-0.15, -0.1) is 11.3 Å². The van der Waals surface area contributed by atoms with Crippen LogP contribution in [0.5, 0.6) is 0 Å². The number of thiophene rings is 1. The van der Waals surface area contributed by atoms with Gasteiger partial charge in [0.2, 0.25) is 0 Å². The van der Waals surface area contributed by atoms with Crippen LogP contribution in [0.3, 0.4) is 0 Å². The first-order chi connectivity index (χ1) is 12.3. The first kappa shape index (κ1) is 18.6. The van der Waals surface area contributed by atoms with Crippen LogP contribution in [-0.2, 0) is 9.53 Å². The van der Waals surface area contributed by atoms with E-state index in [-0.39, 0.29) is 11.7 Å². The summed E-state index contributed by atoms with van der Waals surface area (Å²) >= 11 is 7.44. The molecule has 0 saturated heterocycles. The highest BCUT2D eigenvalue weighted by molar-refractivity contribution is 7.19. The Labute approximate surface area is 160 Å². The molecule has 3 rings (SSSR count). The van der Waals surface area contributed by atoms with Crippen molar-refractivity contribution in [2.75, 3.05) is 0 Å². The molecule has 0 bridgehead atoms. The van der Waals surface area contributed by atoms with Crippen LogP contribution in [0.25, 0.3) is 21.3 Å². The summed E-state index contributed by atoms with van der Waals surface area (Å²) in [5, 5.41) is 1.15. The van der Waals surface area contributed by atoms with E-state index < -0.39 is 12.0 Å². The van der Waals surface area contributed by atoms with Crippen molar-refractivity contribution in [1.29, 1.82) is 0 Å². The fraction of sp³-hybridized carbons (Fsp3) is 0.316. The summed E-state index contributed by atoms with van der Waals surface area (Å²) in [6.45, 7) is 7.14. The zero-order valence-electron chi connectivity index (χ0n) is 14.9. The number of halogens is 1. The minimum atomic E-state index is -0.750. The number of hydrogen-bond donors (Lipinski definition) is 0. The maximum absolute atomic E-state index is 13.1. The predicted octanol–water partition coefficient (Wildman–Crippen LogP) is 4.60. The smallest absolute Gasteiger partial charge is 0.329 e. The highest BCUT2D eigenvalue weighted by Crippen LogP contribution is 2.36. The summed E-state index contributed by atoms with van der Waals surface area (Å²) in [4.78, 5) is 31.4. The SMILES string of the molecule is Cc1sc2ncn([C@@H](C)C(=O)OC(C)C)c(=O)c2c1-c1ccc(Cl)cc1. The van der Waals surface area contributed by atoms with Gasteiger partial charge in [-0.1, -0.05) is 23.7 Å². The molecule has 26 heavy (non-hydrogen) atoms. The monoisotopic (exact) mass is 390 g/mol. The van der Waals surface area contributed by atoms with Gasteiger partial charge in [0.15, 0.2) is 0 Å². The molecule has 7 heteroatoms. The molecule has 0 saturated carbocycles. The molecule has 0 amide bonds. The third-order valence-electron chi connectivity index (χ3n) is 4.06. The molecule has 1 aromatic carbocycles. The van der Waals surface area contributed by atoms with Gasteiger partial charge in [0.25, 0.3) is 5.56 Å². The van der Waals surface area contributed by atoms with Crippen molar-refractivity contribution < 1.29 is 9.53 Å². The molecule has 136 valence electrons. The van der Waals surface area contributed by atoms with Crippen LogP contribution in [0, 0.1) is 6.92 Å². The van der Waals surface area contributed by atoms with Gasteiger partial charge in [-0.3, -0.25) is 9.36 Å². The Bertz CT molecular complexity index is 1020. The third kappa shape index (κ3) is 3.39. The topological polar surface area (TPSA) is 61.2 Å². The van der Waals surface area contributed by atoms with E-state index in [4.69, 9.17) is 16.3 Å². The molecular formula is C19H19ClN2O3S. The lowest BCUT2D eigenvalue weighted by Gasteiger charge is -2.16. The number of aryl methyl sites for hydroxylation is 1. The summed E-state index contributed by atoms with van der Waals surface area (Å²) in [5.41, 5.74) is 1.47. The molecule has 0 spiro atoms. The number of benzene rings is 1. The fourth-order valence-electron chi connectivity index (χ4n) is 2.80. The number of nitrogens with zero attached hydrogens (tertiary/aromatic N) is 2. The second-order valence-electron chi connectivity index (χ2n) is 6.34. The Kier molecular flexibility index (Phi) is 5.16. The second-order valence-corrected chi connectivity index (χ2v) is 7.98. The average molecular weight is 391 g/mol. The van der Waals surface area contributed by atoms with Crippen molar-refractivity contribution >= 4 is 39.1 Å². The van der Waals surface area contributed by atoms with Crippen molar-refractivity contribution in [2.24, 2.45) is 0 Å². The van der Waals surface area contributed by atoms with Crippen LogP contribution in [-0.4, -0.2) is 21.6 Å². The van der Waals surface area contributed by atoms with Crippen molar-refractivity contribution in [2.45, 2.75) is 39.8 Å².